The Labute approximate surface area is 127 Å². The Morgan fingerprint density at radius 2 is 2.05 bits per heavy atom. The number of hydrogen-bond acceptors (Lipinski definition) is 5. The van der Waals surface area contributed by atoms with E-state index in [1.165, 1.54) is 6.07 Å². The zero-order chi connectivity index (χ0) is 16.3. The minimum absolute atomic E-state index is 0.275. The van der Waals surface area contributed by atoms with E-state index in [9.17, 15) is 9.59 Å². The normalized spacial score (nSPS) is 10.7. The summed E-state index contributed by atoms with van der Waals surface area (Å²) in [5.41, 5.74) is -0.151. The van der Waals surface area contributed by atoms with Gasteiger partial charge in [0.2, 0.25) is 0 Å². The number of carboxylic acid groups (broad SMARTS) is 1. The van der Waals surface area contributed by atoms with Crippen LogP contribution in [0, 0.1) is 0 Å². The average molecular weight is 305 g/mol. The minimum atomic E-state index is -1.31. The maximum absolute atomic E-state index is 11.8. The fourth-order valence-corrected chi connectivity index (χ4v) is 2.03. The van der Waals surface area contributed by atoms with Crippen LogP contribution < -0.4 is 15.3 Å². The van der Waals surface area contributed by atoms with Gasteiger partial charge in [0.25, 0.3) is 0 Å². The summed E-state index contributed by atoms with van der Waals surface area (Å²) < 4.78 is 10.9. The third-order valence-corrected chi connectivity index (χ3v) is 3.29. The number of aromatic carboxylic acids is 1. The van der Waals surface area contributed by atoms with E-state index >= 15 is 0 Å². The lowest BCUT2D eigenvalue weighted by molar-refractivity contribution is 0.0692. The fourth-order valence-electron chi connectivity index (χ4n) is 2.03. The van der Waals surface area contributed by atoms with Gasteiger partial charge in [-0.15, -0.1) is 0 Å². The van der Waals surface area contributed by atoms with Gasteiger partial charge in [-0.25, -0.2) is 9.59 Å². The first-order valence-electron chi connectivity index (χ1n) is 7.09. The van der Waals surface area contributed by atoms with E-state index in [1.54, 1.807) is 12.1 Å². The molecule has 0 radical (unpaired) electrons. The monoisotopic (exact) mass is 305 g/mol. The lowest BCUT2D eigenvalue weighted by Crippen LogP contribution is -2.14. The second-order valence-electron chi connectivity index (χ2n) is 5.21. The molecule has 6 heteroatoms. The van der Waals surface area contributed by atoms with Crippen LogP contribution in [-0.4, -0.2) is 31.8 Å². The van der Waals surface area contributed by atoms with Crippen molar-refractivity contribution in [2.24, 2.45) is 0 Å². The van der Waals surface area contributed by atoms with Crippen molar-refractivity contribution in [3.8, 4) is 5.75 Å². The molecule has 0 fully saturated rings. The molecule has 0 aliphatic heterocycles. The third-order valence-electron chi connectivity index (χ3n) is 3.29. The van der Waals surface area contributed by atoms with Crippen molar-refractivity contribution < 1.29 is 19.1 Å². The molecule has 0 bridgehead atoms. The number of carboxylic acids is 1. The highest BCUT2D eigenvalue weighted by atomic mass is 16.5. The zero-order valence-corrected chi connectivity index (χ0v) is 12.9. The van der Waals surface area contributed by atoms with Gasteiger partial charge in [0.1, 0.15) is 5.56 Å². The summed E-state index contributed by atoms with van der Waals surface area (Å²) in [5, 5.41) is 9.57. The lowest BCUT2D eigenvalue weighted by Gasteiger charge is -2.16. The van der Waals surface area contributed by atoms with Crippen molar-refractivity contribution in [3.63, 3.8) is 0 Å². The van der Waals surface area contributed by atoms with Crippen molar-refractivity contribution in [1.29, 1.82) is 0 Å². The Hall–Kier alpha value is -2.50. The van der Waals surface area contributed by atoms with Crippen molar-refractivity contribution in [1.82, 2.24) is 0 Å². The number of carbonyl (C=O) groups is 1. The average Bonchev–Trinajstić information content (AvgIpc) is 2.46. The van der Waals surface area contributed by atoms with Gasteiger partial charge in [0.05, 0.1) is 6.61 Å². The van der Waals surface area contributed by atoms with Crippen LogP contribution in [0.1, 0.15) is 30.1 Å². The minimum Gasteiger partial charge on any atom is -0.490 e. The Bertz CT molecular complexity index is 748. The van der Waals surface area contributed by atoms with E-state index in [1.807, 2.05) is 19.0 Å². The molecule has 0 aliphatic rings. The van der Waals surface area contributed by atoms with Crippen LogP contribution in [0.25, 0.3) is 11.0 Å². The topological polar surface area (TPSA) is 80.0 Å². The standard InChI is InChI=1S/C16H19NO5/c1-4-5-6-21-13-9-11(17(2)3)7-10-8-12(15(18)19)16(20)22-14(10)13/h7-9H,4-6H2,1-3H3,(H,18,19). The van der Waals surface area contributed by atoms with Gasteiger partial charge in [-0.1, -0.05) is 13.3 Å². The van der Waals surface area contributed by atoms with Crippen molar-refractivity contribution in [3.05, 3.63) is 34.2 Å². The molecule has 118 valence electrons. The smallest absolute Gasteiger partial charge is 0.351 e. The number of benzene rings is 1. The van der Waals surface area contributed by atoms with Crippen molar-refractivity contribution >= 4 is 22.6 Å². The maximum atomic E-state index is 11.8. The first kappa shape index (κ1) is 15.9. The fraction of sp³-hybridized carbons (Fsp3) is 0.375. The molecule has 0 aliphatic carbocycles. The molecule has 0 saturated carbocycles. The quantitative estimate of drug-likeness (QED) is 0.653. The largest absolute Gasteiger partial charge is 0.490 e. The molecule has 6 nitrogen and oxygen atoms in total. The molecule has 22 heavy (non-hydrogen) atoms. The van der Waals surface area contributed by atoms with Crippen LogP contribution in [0.2, 0.25) is 0 Å². The maximum Gasteiger partial charge on any atom is 0.351 e. The SMILES string of the molecule is CCCCOc1cc(N(C)C)cc2cc(C(=O)O)c(=O)oc12. The Balaban J connectivity index is 2.62. The van der Waals surface area contributed by atoms with E-state index in [4.69, 9.17) is 14.3 Å². The summed E-state index contributed by atoms with van der Waals surface area (Å²) in [5.74, 6) is -0.858. The second kappa shape index (κ2) is 6.51. The number of nitrogens with zero attached hydrogens (tertiary/aromatic N) is 1. The number of anilines is 1. The molecule has 1 aromatic heterocycles. The molecule has 1 heterocycles. The van der Waals surface area contributed by atoms with Gasteiger partial charge >= 0.3 is 11.6 Å². The first-order chi connectivity index (χ1) is 10.4. The molecular formula is C16H19NO5. The summed E-state index contributed by atoms with van der Waals surface area (Å²) in [7, 11) is 3.74. The van der Waals surface area contributed by atoms with Crippen LogP contribution in [-0.2, 0) is 0 Å². The van der Waals surface area contributed by atoms with E-state index in [0.29, 0.717) is 17.7 Å². The highest BCUT2D eigenvalue weighted by molar-refractivity contribution is 5.94. The van der Waals surface area contributed by atoms with Crippen LogP contribution in [0.4, 0.5) is 5.69 Å². The summed E-state index contributed by atoms with van der Waals surface area (Å²) in [6.07, 6.45) is 1.86. The lowest BCUT2D eigenvalue weighted by atomic mass is 10.1. The van der Waals surface area contributed by atoms with Crippen LogP contribution in [0.3, 0.4) is 0 Å². The summed E-state index contributed by atoms with van der Waals surface area (Å²) in [4.78, 5) is 24.7. The summed E-state index contributed by atoms with van der Waals surface area (Å²) >= 11 is 0. The van der Waals surface area contributed by atoms with E-state index in [0.717, 1.165) is 18.5 Å². The number of hydrogen-bond donors (Lipinski definition) is 1. The second-order valence-corrected chi connectivity index (χ2v) is 5.21. The van der Waals surface area contributed by atoms with Gasteiger partial charge in [-0.3, -0.25) is 0 Å². The number of rotatable bonds is 6. The molecule has 0 unspecified atom stereocenters. The Morgan fingerprint density at radius 1 is 1.32 bits per heavy atom. The van der Waals surface area contributed by atoms with Gasteiger partial charge in [0, 0.05) is 31.2 Å². The highest BCUT2D eigenvalue weighted by Gasteiger charge is 2.16. The molecule has 2 rings (SSSR count). The Morgan fingerprint density at radius 3 is 2.64 bits per heavy atom. The van der Waals surface area contributed by atoms with Crippen LogP contribution in [0.5, 0.6) is 5.75 Å². The van der Waals surface area contributed by atoms with Gasteiger partial charge in [0.15, 0.2) is 11.3 Å². The zero-order valence-electron chi connectivity index (χ0n) is 12.9. The molecule has 0 saturated heterocycles. The van der Waals surface area contributed by atoms with E-state index in [-0.39, 0.29) is 11.1 Å². The molecule has 0 spiro atoms. The van der Waals surface area contributed by atoms with Crippen LogP contribution in [0.15, 0.2) is 27.4 Å². The van der Waals surface area contributed by atoms with Gasteiger partial charge in [-0.2, -0.15) is 0 Å². The number of unbranched alkanes of at least 4 members (excludes halogenated alkanes) is 1. The molecule has 0 amide bonds. The Kier molecular flexibility index (Phi) is 4.70. The predicted octanol–water partition coefficient (Wildman–Crippen LogP) is 2.74. The summed E-state index contributed by atoms with van der Waals surface area (Å²) in [6.45, 7) is 2.56. The highest BCUT2D eigenvalue weighted by Crippen LogP contribution is 2.31. The molecule has 0 atom stereocenters. The van der Waals surface area contributed by atoms with Crippen molar-refractivity contribution in [2.45, 2.75) is 19.8 Å². The number of ether oxygens (including phenoxy) is 1. The van der Waals surface area contributed by atoms with E-state index < -0.39 is 11.6 Å². The van der Waals surface area contributed by atoms with Crippen LogP contribution >= 0.6 is 0 Å². The first-order valence-corrected chi connectivity index (χ1v) is 7.09. The van der Waals surface area contributed by atoms with Gasteiger partial charge < -0.3 is 19.2 Å². The molecule has 1 aromatic carbocycles. The summed E-state index contributed by atoms with van der Waals surface area (Å²) in [6, 6.07) is 4.86. The van der Waals surface area contributed by atoms with E-state index in [2.05, 4.69) is 6.92 Å². The third kappa shape index (κ3) is 3.21. The predicted molar refractivity (Wildman–Crippen MR) is 84.2 cm³/mol. The number of fused-ring (bicyclic) bond motifs is 1. The van der Waals surface area contributed by atoms with Crippen molar-refractivity contribution in [2.75, 3.05) is 25.6 Å². The molecule has 2 aromatic rings. The molecular weight excluding hydrogens is 286 g/mol. The molecule has 1 N–H and O–H groups in total. The van der Waals surface area contributed by atoms with Gasteiger partial charge in [-0.05, 0) is 18.6 Å².